The molecule has 3 aromatic rings. The number of rotatable bonds is 16. The Morgan fingerprint density at radius 2 is 1.40 bits per heavy atom. The van der Waals surface area contributed by atoms with Gasteiger partial charge in [0.1, 0.15) is 32.8 Å². The van der Waals surface area contributed by atoms with Crippen LogP contribution < -0.4 is 0 Å². The topological polar surface area (TPSA) is 105 Å². The second-order valence-corrected chi connectivity index (χ2v) is 12.3. The Hall–Kier alpha value is -4.28. The van der Waals surface area contributed by atoms with Gasteiger partial charge in [0.2, 0.25) is 6.79 Å². The van der Waals surface area contributed by atoms with Crippen molar-refractivity contribution in [3.8, 4) is 0 Å². The lowest BCUT2D eigenvalue weighted by Crippen LogP contribution is -2.51. The first-order chi connectivity index (χ1) is 21.7. The lowest BCUT2D eigenvalue weighted by molar-refractivity contribution is -0.945. The standard InChI is InChI=1S/C35H45N3O7/c1-37(26-30-12-5-2-6-13-30,27-31-14-7-3-8-15-31)24-25-43-35(40)45-29-44-34(39)16-11-23-38(21-9-4-10-22-38)28-32-17-19-33(20-18-32)36(41)42/h2-3,5-8,12-15,17-20H,4,9-11,16,21-29H2,1H3/q+2. The molecule has 4 rings (SSSR count). The number of hydrogen-bond acceptors (Lipinski definition) is 7. The van der Waals surface area contributed by atoms with Crippen LogP contribution in [-0.2, 0) is 38.6 Å². The van der Waals surface area contributed by atoms with Crippen LogP contribution in [0.2, 0.25) is 0 Å². The van der Waals surface area contributed by atoms with E-state index in [1.165, 1.54) is 17.5 Å². The number of nitrogens with zero attached hydrogens (tertiary/aromatic N) is 3. The third-order valence-electron chi connectivity index (χ3n) is 8.51. The molecule has 0 bridgehead atoms. The van der Waals surface area contributed by atoms with Crippen molar-refractivity contribution >= 4 is 17.8 Å². The Morgan fingerprint density at radius 3 is 1.98 bits per heavy atom. The van der Waals surface area contributed by atoms with Crippen LogP contribution in [0.3, 0.4) is 0 Å². The summed E-state index contributed by atoms with van der Waals surface area (Å²) >= 11 is 0. The zero-order chi connectivity index (χ0) is 32.0. The van der Waals surface area contributed by atoms with E-state index in [0.29, 0.717) is 17.4 Å². The zero-order valence-electron chi connectivity index (χ0n) is 26.2. The van der Waals surface area contributed by atoms with Crippen LogP contribution in [0.15, 0.2) is 84.9 Å². The van der Waals surface area contributed by atoms with Gasteiger partial charge in [-0.25, -0.2) is 4.79 Å². The summed E-state index contributed by atoms with van der Waals surface area (Å²) in [6.45, 7) is 5.41. The minimum Gasteiger partial charge on any atom is -0.428 e. The van der Waals surface area contributed by atoms with Gasteiger partial charge in [0.05, 0.1) is 38.0 Å². The van der Waals surface area contributed by atoms with Gasteiger partial charge in [0.25, 0.3) is 5.69 Å². The van der Waals surface area contributed by atoms with Gasteiger partial charge in [0, 0.05) is 35.2 Å². The van der Waals surface area contributed by atoms with Crippen molar-refractivity contribution in [1.29, 1.82) is 0 Å². The zero-order valence-corrected chi connectivity index (χ0v) is 26.2. The lowest BCUT2D eigenvalue weighted by Gasteiger charge is -2.41. The number of piperidine rings is 1. The molecule has 0 saturated carbocycles. The summed E-state index contributed by atoms with van der Waals surface area (Å²) in [5.41, 5.74) is 3.53. The van der Waals surface area contributed by atoms with Gasteiger partial charge in [-0.2, -0.15) is 0 Å². The molecule has 10 heteroatoms. The summed E-state index contributed by atoms with van der Waals surface area (Å²) in [5, 5.41) is 11.0. The molecule has 240 valence electrons. The summed E-state index contributed by atoms with van der Waals surface area (Å²) in [5.74, 6) is -0.428. The van der Waals surface area contributed by atoms with Crippen LogP contribution in [-0.4, -0.2) is 72.6 Å². The highest BCUT2D eigenvalue weighted by atomic mass is 16.8. The average molecular weight is 620 g/mol. The van der Waals surface area contributed by atoms with Crippen molar-refractivity contribution in [2.24, 2.45) is 0 Å². The molecule has 0 amide bonds. The van der Waals surface area contributed by atoms with Crippen molar-refractivity contribution in [2.45, 2.75) is 51.7 Å². The lowest BCUT2D eigenvalue weighted by atomic mass is 10.0. The highest BCUT2D eigenvalue weighted by Gasteiger charge is 2.30. The molecular weight excluding hydrogens is 574 g/mol. The van der Waals surface area contributed by atoms with Crippen molar-refractivity contribution < 1.29 is 37.7 Å². The third-order valence-corrected chi connectivity index (χ3v) is 8.51. The number of likely N-dealkylation sites (N-methyl/N-ethyl adjacent to an activating group) is 1. The molecule has 45 heavy (non-hydrogen) atoms. The van der Waals surface area contributed by atoms with E-state index in [0.717, 1.165) is 62.2 Å². The maximum Gasteiger partial charge on any atom is 0.511 e. The van der Waals surface area contributed by atoms with Crippen LogP contribution in [0.25, 0.3) is 0 Å². The second-order valence-electron chi connectivity index (χ2n) is 12.3. The SMILES string of the molecule is C[N+](CCOC(=O)OCOC(=O)CCC[N+]1(Cc2ccc([N+](=O)[O-])cc2)CCCCC1)(Cc1ccccc1)Cc1ccccc1. The summed E-state index contributed by atoms with van der Waals surface area (Å²) in [7, 11) is 2.14. The van der Waals surface area contributed by atoms with Crippen LogP contribution >= 0.6 is 0 Å². The first-order valence-electron chi connectivity index (χ1n) is 15.7. The van der Waals surface area contributed by atoms with E-state index in [1.807, 2.05) is 48.5 Å². The summed E-state index contributed by atoms with van der Waals surface area (Å²) in [4.78, 5) is 35.2. The largest absolute Gasteiger partial charge is 0.511 e. The molecule has 0 unspecified atom stereocenters. The number of non-ortho nitro benzene ring substituents is 1. The fourth-order valence-corrected chi connectivity index (χ4v) is 6.18. The second kappa shape index (κ2) is 16.7. The monoisotopic (exact) mass is 619 g/mol. The molecule has 10 nitrogen and oxygen atoms in total. The predicted octanol–water partition coefficient (Wildman–Crippen LogP) is 6.38. The Labute approximate surface area is 265 Å². The fourth-order valence-electron chi connectivity index (χ4n) is 6.18. The quantitative estimate of drug-likeness (QED) is 0.0603. The third kappa shape index (κ3) is 11.3. The van der Waals surface area contributed by atoms with Crippen LogP contribution in [0.1, 0.15) is 48.8 Å². The number of nitro groups is 1. The summed E-state index contributed by atoms with van der Waals surface area (Å²) in [6, 6.07) is 27.2. The first-order valence-corrected chi connectivity index (χ1v) is 15.7. The smallest absolute Gasteiger partial charge is 0.428 e. The Balaban J connectivity index is 1.17. The average Bonchev–Trinajstić information content (AvgIpc) is 3.02. The van der Waals surface area contributed by atoms with Gasteiger partial charge in [-0.05, 0) is 31.4 Å². The Bertz CT molecular complexity index is 1320. The highest BCUT2D eigenvalue weighted by molar-refractivity contribution is 5.69. The maximum absolute atomic E-state index is 12.4. The molecule has 0 radical (unpaired) electrons. The molecule has 1 aliphatic rings. The first kappa shape index (κ1) is 33.6. The van der Waals surface area contributed by atoms with E-state index in [1.54, 1.807) is 12.1 Å². The van der Waals surface area contributed by atoms with E-state index in [-0.39, 0.29) is 23.6 Å². The molecule has 1 aliphatic heterocycles. The molecule has 0 atom stereocenters. The normalized spacial score (nSPS) is 14.3. The fraction of sp³-hybridized carbons (Fsp3) is 0.429. The summed E-state index contributed by atoms with van der Waals surface area (Å²) < 4.78 is 17.0. The molecule has 3 aromatic carbocycles. The number of carbonyl (C=O) groups is 2. The van der Waals surface area contributed by atoms with Crippen LogP contribution in [0.4, 0.5) is 10.5 Å². The molecule has 1 saturated heterocycles. The number of hydrogen-bond donors (Lipinski definition) is 0. The van der Waals surface area contributed by atoms with Crippen LogP contribution in [0, 0.1) is 10.1 Å². The van der Waals surface area contributed by atoms with Crippen molar-refractivity contribution in [3.05, 3.63) is 112 Å². The van der Waals surface area contributed by atoms with Gasteiger partial charge < -0.3 is 23.2 Å². The maximum atomic E-state index is 12.4. The molecule has 0 spiro atoms. The van der Waals surface area contributed by atoms with Gasteiger partial charge in [0.15, 0.2) is 0 Å². The van der Waals surface area contributed by atoms with Gasteiger partial charge in [-0.3, -0.25) is 14.9 Å². The van der Waals surface area contributed by atoms with E-state index in [2.05, 4.69) is 31.3 Å². The van der Waals surface area contributed by atoms with Crippen molar-refractivity contribution in [2.75, 3.05) is 46.6 Å². The molecule has 0 aromatic heterocycles. The van der Waals surface area contributed by atoms with Crippen molar-refractivity contribution in [3.63, 3.8) is 0 Å². The number of esters is 1. The van der Waals surface area contributed by atoms with Gasteiger partial charge in [-0.1, -0.05) is 60.7 Å². The minimum absolute atomic E-state index is 0.0848. The number of carbonyl (C=O) groups excluding carboxylic acids is 2. The van der Waals surface area contributed by atoms with E-state index in [9.17, 15) is 19.7 Å². The number of nitro benzene ring substituents is 1. The Kier molecular flexibility index (Phi) is 12.5. The number of ether oxygens (including phenoxy) is 3. The van der Waals surface area contributed by atoms with Gasteiger partial charge in [-0.15, -0.1) is 0 Å². The number of quaternary nitrogens is 2. The number of likely N-dealkylation sites (tertiary alicyclic amines) is 1. The molecule has 1 fully saturated rings. The Morgan fingerprint density at radius 1 is 0.800 bits per heavy atom. The van der Waals surface area contributed by atoms with E-state index in [4.69, 9.17) is 14.2 Å². The molecule has 0 aliphatic carbocycles. The van der Waals surface area contributed by atoms with Crippen molar-refractivity contribution in [1.82, 2.24) is 0 Å². The van der Waals surface area contributed by atoms with E-state index >= 15 is 0 Å². The molecule has 1 heterocycles. The highest BCUT2D eigenvalue weighted by Crippen LogP contribution is 2.25. The number of benzene rings is 3. The summed E-state index contributed by atoms with van der Waals surface area (Å²) in [6.07, 6.45) is 3.40. The predicted molar refractivity (Wildman–Crippen MR) is 169 cm³/mol. The van der Waals surface area contributed by atoms with E-state index < -0.39 is 18.9 Å². The minimum atomic E-state index is -0.866. The molecular formula is C35H45N3O7+2. The van der Waals surface area contributed by atoms with Crippen LogP contribution in [0.5, 0.6) is 0 Å². The molecule has 0 N–H and O–H groups in total. The van der Waals surface area contributed by atoms with Gasteiger partial charge >= 0.3 is 12.1 Å².